The largest absolute Gasteiger partial charge is 0.496 e. The molecule has 108 valence electrons. The number of amides is 1. The molecule has 4 heteroatoms. The molecule has 0 aliphatic rings. The third-order valence-corrected chi connectivity index (χ3v) is 3.58. The quantitative estimate of drug-likeness (QED) is 0.801. The highest BCUT2D eigenvalue weighted by Crippen LogP contribution is 2.21. The standard InChI is InChI=1S/C16H22N2O2/c1-5-13(11-17)16(19)18(3)12(2)10-14-8-6-7-9-15(14)20-4/h6-9,12-13H,5,10H2,1-4H3. The Morgan fingerprint density at radius 2 is 2.10 bits per heavy atom. The van der Waals surface area contributed by atoms with Gasteiger partial charge in [-0.2, -0.15) is 5.26 Å². The molecule has 0 heterocycles. The van der Waals surface area contributed by atoms with Crippen molar-refractivity contribution < 1.29 is 9.53 Å². The fraction of sp³-hybridized carbons (Fsp3) is 0.500. The van der Waals surface area contributed by atoms with E-state index in [1.165, 1.54) is 0 Å². The molecule has 0 bridgehead atoms. The Kier molecular flexibility index (Phi) is 6.05. The molecule has 0 fully saturated rings. The number of likely N-dealkylation sites (N-methyl/N-ethyl adjacent to an activating group) is 1. The van der Waals surface area contributed by atoms with E-state index in [0.29, 0.717) is 12.8 Å². The summed E-state index contributed by atoms with van der Waals surface area (Å²) < 4.78 is 5.32. The smallest absolute Gasteiger partial charge is 0.239 e. The van der Waals surface area contributed by atoms with Crippen LogP contribution in [0.25, 0.3) is 0 Å². The zero-order chi connectivity index (χ0) is 15.1. The maximum absolute atomic E-state index is 12.2. The van der Waals surface area contributed by atoms with Crippen molar-refractivity contribution in [3.8, 4) is 11.8 Å². The molecule has 2 atom stereocenters. The lowest BCUT2D eigenvalue weighted by Gasteiger charge is -2.27. The fourth-order valence-corrected chi connectivity index (χ4v) is 2.11. The molecular weight excluding hydrogens is 252 g/mol. The Balaban J connectivity index is 2.78. The zero-order valence-electron chi connectivity index (χ0n) is 12.6. The van der Waals surface area contributed by atoms with Crippen molar-refractivity contribution in [1.82, 2.24) is 4.90 Å². The number of hydrogen-bond acceptors (Lipinski definition) is 3. The van der Waals surface area contributed by atoms with E-state index in [1.807, 2.05) is 38.1 Å². The molecule has 0 aromatic heterocycles. The van der Waals surface area contributed by atoms with Gasteiger partial charge < -0.3 is 9.64 Å². The Morgan fingerprint density at radius 1 is 1.45 bits per heavy atom. The zero-order valence-corrected chi connectivity index (χ0v) is 12.6. The number of carbonyl (C=O) groups excluding carboxylic acids is 1. The SMILES string of the molecule is CCC(C#N)C(=O)N(C)C(C)Cc1ccccc1OC. The molecule has 0 spiro atoms. The van der Waals surface area contributed by atoms with Crippen LogP contribution in [0, 0.1) is 17.2 Å². The van der Waals surface area contributed by atoms with Crippen LogP contribution in [-0.4, -0.2) is 31.0 Å². The van der Waals surface area contributed by atoms with Crippen LogP contribution in [-0.2, 0) is 11.2 Å². The minimum atomic E-state index is -0.555. The molecule has 1 amide bonds. The minimum absolute atomic E-state index is 0.0150. The molecule has 0 saturated heterocycles. The molecule has 1 rings (SSSR count). The number of hydrogen-bond donors (Lipinski definition) is 0. The second-order valence-electron chi connectivity index (χ2n) is 4.90. The van der Waals surface area contributed by atoms with Crippen LogP contribution < -0.4 is 4.74 Å². The highest BCUT2D eigenvalue weighted by atomic mass is 16.5. The van der Waals surface area contributed by atoms with Crippen molar-refractivity contribution in [2.75, 3.05) is 14.2 Å². The summed E-state index contributed by atoms with van der Waals surface area (Å²) >= 11 is 0. The first-order valence-electron chi connectivity index (χ1n) is 6.83. The van der Waals surface area contributed by atoms with Gasteiger partial charge in [0.25, 0.3) is 0 Å². The number of carbonyl (C=O) groups is 1. The molecule has 0 N–H and O–H groups in total. The summed E-state index contributed by atoms with van der Waals surface area (Å²) in [6, 6.07) is 9.85. The van der Waals surface area contributed by atoms with Crippen molar-refractivity contribution >= 4 is 5.91 Å². The van der Waals surface area contributed by atoms with Gasteiger partial charge >= 0.3 is 0 Å². The summed E-state index contributed by atoms with van der Waals surface area (Å²) in [5.41, 5.74) is 1.06. The van der Waals surface area contributed by atoms with Crippen LogP contribution >= 0.6 is 0 Å². The summed E-state index contributed by atoms with van der Waals surface area (Å²) in [7, 11) is 3.39. The molecule has 2 unspecified atom stereocenters. The molecule has 4 nitrogen and oxygen atoms in total. The first-order valence-corrected chi connectivity index (χ1v) is 6.83. The van der Waals surface area contributed by atoms with Crippen LogP contribution in [0.4, 0.5) is 0 Å². The highest BCUT2D eigenvalue weighted by Gasteiger charge is 2.24. The van der Waals surface area contributed by atoms with Crippen LogP contribution in [0.2, 0.25) is 0 Å². The summed E-state index contributed by atoms with van der Waals surface area (Å²) in [5, 5.41) is 8.98. The summed E-state index contributed by atoms with van der Waals surface area (Å²) in [5.74, 6) is 0.157. The monoisotopic (exact) mass is 274 g/mol. The first-order chi connectivity index (χ1) is 9.54. The third-order valence-electron chi connectivity index (χ3n) is 3.58. The lowest BCUT2D eigenvalue weighted by atomic mass is 10.0. The van der Waals surface area contributed by atoms with E-state index >= 15 is 0 Å². The Labute approximate surface area is 121 Å². The number of para-hydroxylation sites is 1. The normalized spacial score (nSPS) is 13.2. The topological polar surface area (TPSA) is 53.3 Å². The second-order valence-corrected chi connectivity index (χ2v) is 4.90. The number of nitrogens with zero attached hydrogens (tertiary/aromatic N) is 2. The molecule has 0 aliphatic carbocycles. The third kappa shape index (κ3) is 3.74. The van der Waals surface area contributed by atoms with Crippen molar-refractivity contribution in [2.24, 2.45) is 5.92 Å². The van der Waals surface area contributed by atoms with Crippen molar-refractivity contribution in [2.45, 2.75) is 32.7 Å². The van der Waals surface area contributed by atoms with Crippen LogP contribution in [0.1, 0.15) is 25.8 Å². The van der Waals surface area contributed by atoms with Crippen molar-refractivity contribution in [1.29, 1.82) is 5.26 Å². The fourth-order valence-electron chi connectivity index (χ4n) is 2.11. The van der Waals surface area contributed by atoms with E-state index in [9.17, 15) is 4.79 Å². The molecule has 0 radical (unpaired) electrons. The van der Waals surface area contributed by atoms with E-state index in [-0.39, 0.29) is 11.9 Å². The van der Waals surface area contributed by atoms with Gasteiger partial charge in [-0.15, -0.1) is 0 Å². The van der Waals surface area contributed by atoms with E-state index in [0.717, 1.165) is 11.3 Å². The number of nitriles is 1. The molecular formula is C16H22N2O2. The average molecular weight is 274 g/mol. The second kappa shape index (κ2) is 7.54. The summed E-state index contributed by atoms with van der Waals surface area (Å²) in [6.07, 6.45) is 1.25. The highest BCUT2D eigenvalue weighted by molar-refractivity contribution is 5.81. The van der Waals surface area contributed by atoms with Crippen LogP contribution in [0.5, 0.6) is 5.75 Å². The van der Waals surface area contributed by atoms with Crippen molar-refractivity contribution in [3.63, 3.8) is 0 Å². The van der Waals surface area contributed by atoms with Gasteiger partial charge in [0.15, 0.2) is 0 Å². The van der Waals surface area contributed by atoms with E-state index in [4.69, 9.17) is 10.00 Å². The molecule has 1 aromatic carbocycles. The van der Waals surface area contributed by atoms with Gasteiger partial charge in [-0.3, -0.25) is 4.79 Å². The van der Waals surface area contributed by atoms with Gasteiger partial charge in [0.1, 0.15) is 11.7 Å². The van der Waals surface area contributed by atoms with E-state index < -0.39 is 5.92 Å². The van der Waals surface area contributed by atoms with Crippen LogP contribution in [0.15, 0.2) is 24.3 Å². The number of methoxy groups -OCH3 is 1. The number of ether oxygens (including phenoxy) is 1. The lowest BCUT2D eigenvalue weighted by Crippen LogP contribution is -2.39. The maximum Gasteiger partial charge on any atom is 0.239 e. The van der Waals surface area contributed by atoms with Gasteiger partial charge in [-0.25, -0.2) is 0 Å². The predicted molar refractivity (Wildman–Crippen MR) is 78.3 cm³/mol. The van der Waals surface area contributed by atoms with Crippen LogP contribution in [0.3, 0.4) is 0 Å². The Morgan fingerprint density at radius 3 is 2.65 bits per heavy atom. The maximum atomic E-state index is 12.2. The van der Waals surface area contributed by atoms with E-state index in [1.54, 1.807) is 19.1 Å². The average Bonchev–Trinajstić information content (AvgIpc) is 2.48. The first kappa shape index (κ1) is 16.0. The number of benzene rings is 1. The van der Waals surface area contributed by atoms with Gasteiger partial charge in [0.2, 0.25) is 5.91 Å². The van der Waals surface area contributed by atoms with Gasteiger partial charge in [0.05, 0.1) is 13.2 Å². The van der Waals surface area contributed by atoms with Gasteiger partial charge in [-0.05, 0) is 31.4 Å². The molecule has 0 saturated carbocycles. The molecule has 1 aromatic rings. The molecule has 20 heavy (non-hydrogen) atoms. The minimum Gasteiger partial charge on any atom is -0.496 e. The lowest BCUT2D eigenvalue weighted by molar-refractivity contribution is -0.134. The Hall–Kier alpha value is -2.02. The summed E-state index contributed by atoms with van der Waals surface area (Å²) in [6.45, 7) is 3.83. The van der Waals surface area contributed by atoms with E-state index in [2.05, 4.69) is 6.07 Å². The Bertz CT molecular complexity index is 493. The van der Waals surface area contributed by atoms with Gasteiger partial charge in [0, 0.05) is 13.1 Å². The predicted octanol–water partition coefficient (Wildman–Crippen LogP) is 2.63. The summed E-state index contributed by atoms with van der Waals surface area (Å²) in [4.78, 5) is 13.8. The number of rotatable bonds is 6. The van der Waals surface area contributed by atoms with Crippen molar-refractivity contribution in [3.05, 3.63) is 29.8 Å². The molecule has 0 aliphatic heterocycles. The van der Waals surface area contributed by atoms with Gasteiger partial charge in [-0.1, -0.05) is 25.1 Å².